The smallest absolute Gasteiger partial charge is 0.232 e. The van der Waals surface area contributed by atoms with Gasteiger partial charge in [0.15, 0.2) is 16.6 Å². The number of anilines is 1. The number of carbonyl (C=O) groups excluding carboxylic acids is 1. The van der Waals surface area contributed by atoms with Gasteiger partial charge in [0.05, 0.1) is 16.7 Å². The molecular formula is C22H24N2O4S. The van der Waals surface area contributed by atoms with Gasteiger partial charge in [-0.1, -0.05) is 0 Å². The van der Waals surface area contributed by atoms with Crippen molar-refractivity contribution in [3.8, 4) is 22.8 Å². The van der Waals surface area contributed by atoms with Crippen LogP contribution in [0.15, 0.2) is 23.6 Å². The van der Waals surface area contributed by atoms with Gasteiger partial charge in [0.1, 0.15) is 13.2 Å². The quantitative estimate of drug-likeness (QED) is 0.800. The van der Waals surface area contributed by atoms with Crippen molar-refractivity contribution in [1.82, 2.24) is 4.98 Å². The molecule has 4 saturated carbocycles. The standard InChI is InChI=1S/C22H24N2O4S/c25-19(21-7-13-5-14(8-21)10-22(26,9-13)12-21)24-20-23-16(11-29-20)15-1-2-17-18(6-15)28-4-3-27-17/h1-2,6,11,13-14,26H,3-5,7-10,12H2,(H,23,24,25)/t13-,14+,21?,22?. The molecule has 1 aliphatic heterocycles. The fraction of sp³-hybridized carbons (Fsp3) is 0.545. The van der Waals surface area contributed by atoms with Crippen molar-refractivity contribution < 1.29 is 19.4 Å². The van der Waals surface area contributed by atoms with Crippen LogP contribution in [0.25, 0.3) is 11.3 Å². The summed E-state index contributed by atoms with van der Waals surface area (Å²) in [6.45, 7) is 1.11. The number of hydrogen-bond donors (Lipinski definition) is 2. The predicted octanol–water partition coefficient (Wildman–Crippen LogP) is 3.85. The number of amides is 1. The summed E-state index contributed by atoms with van der Waals surface area (Å²) in [5.74, 6) is 2.49. The molecule has 2 N–H and O–H groups in total. The summed E-state index contributed by atoms with van der Waals surface area (Å²) in [5.41, 5.74) is 0.684. The monoisotopic (exact) mass is 412 g/mol. The van der Waals surface area contributed by atoms with Gasteiger partial charge in [-0.3, -0.25) is 4.79 Å². The molecule has 7 rings (SSSR count). The highest BCUT2D eigenvalue weighted by Crippen LogP contribution is 2.61. The molecule has 2 heterocycles. The molecule has 0 saturated heterocycles. The highest BCUT2D eigenvalue weighted by Gasteiger charge is 2.60. The molecule has 0 spiro atoms. The van der Waals surface area contributed by atoms with Crippen LogP contribution in [-0.4, -0.2) is 34.8 Å². The second-order valence-corrected chi connectivity index (χ2v) is 10.2. The van der Waals surface area contributed by atoms with Gasteiger partial charge in [-0.05, 0) is 68.6 Å². The molecule has 0 radical (unpaired) electrons. The van der Waals surface area contributed by atoms with Gasteiger partial charge in [0, 0.05) is 10.9 Å². The second kappa shape index (κ2) is 6.19. The Morgan fingerprint density at radius 3 is 2.66 bits per heavy atom. The van der Waals surface area contributed by atoms with Gasteiger partial charge in [-0.15, -0.1) is 11.3 Å². The van der Waals surface area contributed by atoms with Gasteiger partial charge in [-0.2, -0.15) is 0 Å². The summed E-state index contributed by atoms with van der Waals surface area (Å²) in [6.07, 6.45) is 5.30. The van der Waals surface area contributed by atoms with E-state index in [1.165, 1.54) is 17.8 Å². The molecular weight excluding hydrogens is 388 g/mol. The van der Waals surface area contributed by atoms with Crippen LogP contribution in [0, 0.1) is 17.3 Å². The summed E-state index contributed by atoms with van der Waals surface area (Å²) >= 11 is 1.44. The van der Waals surface area contributed by atoms with Crippen LogP contribution < -0.4 is 14.8 Å². The van der Waals surface area contributed by atoms with Gasteiger partial charge < -0.3 is 19.9 Å². The van der Waals surface area contributed by atoms with E-state index in [-0.39, 0.29) is 5.91 Å². The largest absolute Gasteiger partial charge is 0.486 e. The molecule has 1 aromatic heterocycles. The maximum atomic E-state index is 13.3. The molecule has 1 aromatic carbocycles. The number of carbonyl (C=O) groups is 1. The maximum absolute atomic E-state index is 13.3. The normalized spacial score (nSPS) is 34.2. The Bertz CT molecular complexity index is 973. The van der Waals surface area contributed by atoms with Crippen LogP contribution in [0.5, 0.6) is 11.5 Å². The lowest BCUT2D eigenvalue weighted by Crippen LogP contribution is -2.59. The first-order chi connectivity index (χ1) is 14.0. The van der Waals surface area contributed by atoms with E-state index in [9.17, 15) is 9.90 Å². The summed E-state index contributed by atoms with van der Waals surface area (Å²) in [7, 11) is 0. The van der Waals surface area contributed by atoms with Crippen LogP contribution in [0.2, 0.25) is 0 Å². The van der Waals surface area contributed by atoms with Crippen LogP contribution in [0.4, 0.5) is 5.13 Å². The summed E-state index contributed by atoms with van der Waals surface area (Å²) in [4.78, 5) is 17.9. The molecule has 2 unspecified atom stereocenters. The first kappa shape index (κ1) is 17.7. The minimum Gasteiger partial charge on any atom is -0.486 e. The van der Waals surface area contributed by atoms with Crippen molar-refractivity contribution in [2.45, 2.75) is 44.1 Å². The van der Waals surface area contributed by atoms with Gasteiger partial charge >= 0.3 is 0 Å². The third-order valence-corrected chi connectivity index (χ3v) is 7.83. The Morgan fingerprint density at radius 2 is 1.90 bits per heavy atom. The molecule has 4 fully saturated rings. The number of aliphatic hydroxyl groups is 1. The van der Waals surface area contributed by atoms with Crippen LogP contribution in [0.1, 0.15) is 38.5 Å². The number of nitrogens with zero attached hydrogens (tertiary/aromatic N) is 1. The number of nitrogens with one attached hydrogen (secondary N) is 1. The van der Waals surface area contributed by atoms with Crippen molar-refractivity contribution in [3.63, 3.8) is 0 Å². The van der Waals surface area contributed by atoms with E-state index in [1.54, 1.807) is 0 Å². The van der Waals surface area contributed by atoms with Gasteiger partial charge in [0.25, 0.3) is 0 Å². The highest BCUT2D eigenvalue weighted by atomic mass is 32.1. The summed E-state index contributed by atoms with van der Waals surface area (Å²) in [5, 5.41) is 16.6. The van der Waals surface area contributed by atoms with Crippen molar-refractivity contribution in [2.75, 3.05) is 18.5 Å². The highest BCUT2D eigenvalue weighted by molar-refractivity contribution is 7.14. The van der Waals surface area contributed by atoms with Gasteiger partial charge in [0.2, 0.25) is 5.91 Å². The van der Waals surface area contributed by atoms with E-state index in [2.05, 4.69) is 10.3 Å². The zero-order valence-electron chi connectivity index (χ0n) is 16.1. The van der Waals surface area contributed by atoms with Crippen molar-refractivity contribution in [3.05, 3.63) is 23.6 Å². The Morgan fingerprint density at radius 1 is 1.14 bits per heavy atom. The molecule has 2 aromatic rings. The van der Waals surface area contributed by atoms with E-state index in [4.69, 9.17) is 9.47 Å². The first-order valence-corrected chi connectivity index (χ1v) is 11.3. The van der Waals surface area contributed by atoms with Crippen molar-refractivity contribution >= 4 is 22.4 Å². The van der Waals surface area contributed by atoms with E-state index in [0.717, 1.165) is 48.4 Å². The van der Waals surface area contributed by atoms with Crippen LogP contribution >= 0.6 is 11.3 Å². The third kappa shape index (κ3) is 2.94. The van der Waals surface area contributed by atoms with Crippen LogP contribution in [-0.2, 0) is 4.79 Å². The third-order valence-electron chi connectivity index (χ3n) is 7.07. The first-order valence-electron chi connectivity index (χ1n) is 10.4. The van der Waals surface area contributed by atoms with E-state index < -0.39 is 11.0 Å². The molecule has 4 atom stereocenters. The lowest BCUT2D eigenvalue weighted by molar-refractivity contribution is -0.174. The second-order valence-electron chi connectivity index (χ2n) is 9.32. The zero-order valence-corrected chi connectivity index (χ0v) is 17.0. The Labute approximate surface area is 173 Å². The number of benzene rings is 1. The van der Waals surface area contributed by atoms with E-state index in [1.807, 2.05) is 23.6 Å². The fourth-order valence-electron chi connectivity index (χ4n) is 6.38. The molecule has 4 aliphatic carbocycles. The average molecular weight is 413 g/mol. The molecule has 152 valence electrons. The summed E-state index contributed by atoms with van der Waals surface area (Å²) < 4.78 is 11.2. The lowest BCUT2D eigenvalue weighted by Gasteiger charge is -2.59. The predicted molar refractivity (Wildman–Crippen MR) is 109 cm³/mol. The minimum atomic E-state index is -0.638. The minimum absolute atomic E-state index is 0.0353. The Kier molecular flexibility index (Phi) is 3.78. The van der Waals surface area contributed by atoms with Gasteiger partial charge in [-0.25, -0.2) is 4.98 Å². The number of aromatic nitrogens is 1. The number of ether oxygens (including phenoxy) is 2. The Hall–Kier alpha value is -2.12. The molecule has 6 nitrogen and oxygen atoms in total. The van der Waals surface area contributed by atoms with E-state index >= 15 is 0 Å². The number of rotatable bonds is 3. The SMILES string of the molecule is O=C(Nc1nc(-c2ccc3c(c2)OCCO3)cs1)C12C[C@@H]3C[C@@H](CC(O)(C3)C1)C2. The fourth-order valence-corrected chi connectivity index (χ4v) is 7.09. The van der Waals surface area contributed by atoms with Crippen molar-refractivity contribution in [1.29, 1.82) is 0 Å². The molecule has 1 amide bonds. The molecule has 29 heavy (non-hydrogen) atoms. The molecule has 5 aliphatic rings. The van der Waals surface area contributed by atoms with Crippen molar-refractivity contribution in [2.24, 2.45) is 17.3 Å². The average Bonchev–Trinajstić information content (AvgIpc) is 3.14. The topological polar surface area (TPSA) is 80.7 Å². The summed E-state index contributed by atoms with van der Waals surface area (Å²) in [6, 6.07) is 5.80. The van der Waals surface area contributed by atoms with Crippen LogP contribution in [0.3, 0.4) is 0 Å². The maximum Gasteiger partial charge on any atom is 0.232 e. The number of thiazole rings is 1. The number of fused-ring (bicyclic) bond motifs is 1. The zero-order chi connectivity index (χ0) is 19.6. The lowest BCUT2D eigenvalue weighted by atomic mass is 9.47. The number of hydrogen-bond acceptors (Lipinski definition) is 6. The molecule has 4 bridgehead atoms. The van der Waals surface area contributed by atoms with E-state index in [0.29, 0.717) is 36.6 Å². The molecule has 7 heteroatoms. The Balaban J connectivity index is 1.22.